The molecule has 0 aliphatic carbocycles. The summed E-state index contributed by atoms with van der Waals surface area (Å²) in [5.74, 6) is 1.54. The SMILES string of the molecule is CCn1cnnc1C1CCN(C(=O)c2cccc(-n3cccc3)c2)CC1. The molecule has 1 fully saturated rings. The summed E-state index contributed by atoms with van der Waals surface area (Å²) in [7, 11) is 0. The number of nitrogens with zero attached hydrogens (tertiary/aromatic N) is 5. The standard InChI is InChI=1S/C20H23N5O/c1-2-23-15-21-22-19(23)16-8-12-25(13-9-16)20(26)17-6-5-7-18(14-17)24-10-3-4-11-24/h3-7,10-11,14-16H,2,8-9,12-13H2,1H3. The first-order valence-corrected chi connectivity index (χ1v) is 9.16. The van der Waals surface area contributed by atoms with Gasteiger partial charge in [-0.25, -0.2) is 0 Å². The summed E-state index contributed by atoms with van der Waals surface area (Å²) < 4.78 is 4.11. The molecule has 3 heterocycles. The van der Waals surface area contributed by atoms with Gasteiger partial charge < -0.3 is 14.0 Å². The number of piperidine rings is 1. The Morgan fingerprint density at radius 1 is 1.15 bits per heavy atom. The molecular formula is C20H23N5O. The van der Waals surface area contributed by atoms with E-state index in [9.17, 15) is 4.79 Å². The van der Waals surface area contributed by atoms with E-state index >= 15 is 0 Å². The van der Waals surface area contributed by atoms with Crippen LogP contribution in [0.4, 0.5) is 0 Å². The van der Waals surface area contributed by atoms with E-state index in [2.05, 4.69) is 21.7 Å². The third-order valence-electron chi connectivity index (χ3n) is 5.13. The largest absolute Gasteiger partial charge is 0.339 e. The maximum absolute atomic E-state index is 12.9. The molecule has 0 saturated carbocycles. The summed E-state index contributed by atoms with van der Waals surface area (Å²) in [6, 6.07) is 11.8. The van der Waals surface area contributed by atoms with E-state index in [0.29, 0.717) is 5.92 Å². The highest BCUT2D eigenvalue weighted by Gasteiger charge is 2.27. The molecule has 3 aromatic rings. The van der Waals surface area contributed by atoms with E-state index in [0.717, 1.165) is 49.6 Å². The number of carbonyl (C=O) groups excluding carboxylic acids is 1. The lowest BCUT2D eigenvalue weighted by Gasteiger charge is -2.31. The average Bonchev–Trinajstić information content (AvgIpc) is 3.39. The molecule has 1 aliphatic heterocycles. The predicted molar refractivity (Wildman–Crippen MR) is 99.3 cm³/mol. The van der Waals surface area contributed by atoms with Crippen LogP contribution in [0.15, 0.2) is 55.1 Å². The Labute approximate surface area is 153 Å². The molecule has 1 amide bonds. The normalized spacial score (nSPS) is 15.3. The molecule has 0 spiro atoms. The highest BCUT2D eigenvalue weighted by Crippen LogP contribution is 2.27. The zero-order valence-electron chi connectivity index (χ0n) is 15.0. The van der Waals surface area contributed by atoms with Gasteiger partial charge in [0.25, 0.3) is 5.91 Å². The number of aromatic nitrogens is 4. The second-order valence-electron chi connectivity index (χ2n) is 6.68. The van der Waals surface area contributed by atoms with Gasteiger partial charge in [-0.15, -0.1) is 10.2 Å². The maximum Gasteiger partial charge on any atom is 0.253 e. The molecule has 0 bridgehead atoms. The first-order chi connectivity index (χ1) is 12.8. The predicted octanol–water partition coefficient (Wildman–Crippen LogP) is 3.11. The van der Waals surface area contributed by atoms with Crippen molar-refractivity contribution in [3.63, 3.8) is 0 Å². The van der Waals surface area contributed by atoms with Crippen LogP contribution in [-0.4, -0.2) is 43.2 Å². The van der Waals surface area contributed by atoms with Crippen molar-refractivity contribution >= 4 is 5.91 Å². The lowest BCUT2D eigenvalue weighted by Crippen LogP contribution is -2.38. The quantitative estimate of drug-likeness (QED) is 0.727. The van der Waals surface area contributed by atoms with Crippen molar-refractivity contribution in [2.75, 3.05) is 13.1 Å². The number of amides is 1. The van der Waals surface area contributed by atoms with Gasteiger partial charge in [0.15, 0.2) is 0 Å². The Hall–Kier alpha value is -2.89. The van der Waals surface area contributed by atoms with Crippen LogP contribution in [0.3, 0.4) is 0 Å². The van der Waals surface area contributed by atoms with Gasteiger partial charge in [-0.05, 0) is 50.1 Å². The minimum atomic E-state index is 0.106. The van der Waals surface area contributed by atoms with E-state index in [1.54, 1.807) is 6.33 Å². The highest BCUT2D eigenvalue weighted by molar-refractivity contribution is 5.94. The van der Waals surface area contributed by atoms with Gasteiger partial charge in [0.2, 0.25) is 0 Å². The van der Waals surface area contributed by atoms with Crippen molar-refractivity contribution in [3.05, 3.63) is 66.5 Å². The molecule has 0 unspecified atom stereocenters. The van der Waals surface area contributed by atoms with Crippen molar-refractivity contribution in [1.29, 1.82) is 0 Å². The van der Waals surface area contributed by atoms with Crippen LogP contribution in [0.25, 0.3) is 5.69 Å². The number of hydrogen-bond donors (Lipinski definition) is 0. The Bertz CT molecular complexity index is 875. The molecule has 6 heteroatoms. The van der Waals surface area contributed by atoms with E-state index in [1.807, 2.05) is 58.3 Å². The first kappa shape index (κ1) is 16.6. The molecular weight excluding hydrogens is 326 g/mol. The maximum atomic E-state index is 12.9. The highest BCUT2D eigenvalue weighted by atomic mass is 16.2. The molecule has 1 aliphatic rings. The Morgan fingerprint density at radius 2 is 1.92 bits per heavy atom. The summed E-state index contributed by atoms with van der Waals surface area (Å²) in [6.45, 7) is 4.50. The van der Waals surface area contributed by atoms with Crippen molar-refractivity contribution in [1.82, 2.24) is 24.2 Å². The Morgan fingerprint density at radius 3 is 2.65 bits per heavy atom. The molecule has 0 N–H and O–H groups in total. The molecule has 0 atom stereocenters. The van der Waals surface area contributed by atoms with Gasteiger partial charge in [-0.1, -0.05) is 6.07 Å². The molecule has 1 saturated heterocycles. The average molecular weight is 349 g/mol. The summed E-state index contributed by atoms with van der Waals surface area (Å²) >= 11 is 0. The number of carbonyl (C=O) groups is 1. The van der Waals surface area contributed by atoms with Crippen LogP contribution < -0.4 is 0 Å². The fraction of sp³-hybridized carbons (Fsp3) is 0.350. The molecule has 4 rings (SSSR count). The van der Waals surface area contributed by atoms with Crippen LogP contribution in [0.2, 0.25) is 0 Å². The number of benzene rings is 1. The van der Waals surface area contributed by atoms with Crippen LogP contribution >= 0.6 is 0 Å². The van der Waals surface area contributed by atoms with Crippen molar-refractivity contribution in [3.8, 4) is 5.69 Å². The monoisotopic (exact) mass is 349 g/mol. The summed E-state index contributed by atoms with van der Waals surface area (Å²) in [6.07, 6.45) is 7.63. The van der Waals surface area contributed by atoms with Crippen LogP contribution in [-0.2, 0) is 6.54 Å². The van der Waals surface area contributed by atoms with E-state index in [-0.39, 0.29) is 5.91 Å². The Kier molecular flexibility index (Phi) is 4.56. The number of rotatable bonds is 4. The van der Waals surface area contributed by atoms with E-state index in [4.69, 9.17) is 0 Å². The lowest BCUT2D eigenvalue weighted by molar-refractivity contribution is 0.0710. The molecule has 1 aromatic carbocycles. The summed E-state index contributed by atoms with van der Waals surface area (Å²) in [5.41, 5.74) is 1.75. The fourth-order valence-corrected chi connectivity index (χ4v) is 3.65. The molecule has 6 nitrogen and oxygen atoms in total. The number of aryl methyl sites for hydroxylation is 1. The van der Waals surface area contributed by atoms with Crippen molar-refractivity contribution in [2.45, 2.75) is 32.2 Å². The van der Waals surface area contributed by atoms with Gasteiger partial charge in [0, 0.05) is 49.2 Å². The summed E-state index contributed by atoms with van der Waals surface area (Å²) in [5, 5.41) is 8.32. The van der Waals surface area contributed by atoms with Gasteiger partial charge in [0.05, 0.1) is 0 Å². The van der Waals surface area contributed by atoms with Gasteiger partial charge in [-0.2, -0.15) is 0 Å². The van der Waals surface area contributed by atoms with Gasteiger partial charge in [-0.3, -0.25) is 4.79 Å². The fourth-order valence-electron chi connectivity index (χ4n) is 3.65. The third kappa shape index (κ3) is 3.14. The molecule has 2 aromatic heterocycles. The second kappa shape index (κ2) is 7.15. The van der Waals surface area contributed by atoms with Gasteiger partial charge in [0.1, 0.15) is 12.2 Å². The van der Waals surface area contributed by atoms with Crippen molar-refractivity contribution in [2.24, 2.45) is 0 Å². The zero-order valence-corrected chi connectivity index (χ0v) is 15.0. The minimum absolute atomic E-state index is 0.106. The second-order valence-corrected chi connectivity index (χ2v) is 6.68. The topological polar surface area (TPSA) is 56.0 Å². The lowest BCUT2D eigenvalue weighted by atomic mass is 9.95. The number of hydrogen-bond acceptors (Lipinski definition) is 3. The minimum Gasteiger partial charge on any atom is -0.339 e. The summed E-state index contributed by atoms with van der Waals surface area (Å²) in [4.78, 5) is 14.9. The van der Waals surface area contributed by atoms with Crippen molar-refractivity contribution < 1.29 is 4.79 Å². The van der Waals surface area contributed by atoms with Crippen LogP contribution in [0.5, 0.6) is 0 Å². The molecule has 134 valence electrons. The van der Waals surface area contributed by atoms with Crippen LogP contribution in [0, 0.1) is 0 Å². The third-order valence-corrected chi connectivity index (χ3v) is 5.13. The van der Waals surface area contributed by atoms with Gasteiger partial charge >= 0.3 is 0 Å². The van der Waals surface area contributed by atoms with E-state index < -0.39 is 0 Å². The number of likely N-dealkylation sites (tertiary alicyclic amines) is 1. The Balaban J connectivity index is 1.45. The molecule has 26 heavy (non-hydrogen) atoms. The zero-order chi connectivity index (χ0) is 17.9. The van der Waals surface area contributed by atoms with Crippen LogP contribution in [0.1, 0.15) is 41.9 Å². The first-order valence-electron chi connectivity index (χ1n) is 9.16. The smallest absolute Gasteiger partial charge is 0.253 e. The molecule has 0 radical (unpaired) electrons. The van der Waals surface area contributed by atoms with E-state index in [1.165, 1.54) is 0 Å².